The third-order valence-electron chi connectivity index (χ3n) is 5.65. The standard InChI is InChI=1S/C23H22BrN3O7S/c1-23(24)13-35-21-18(25-17(28)12-33-16-5-3-2-4-6-16)20(29)26(21)19(23)22(30)34-11-14-7-9-15(10-8-14)27(31)32/h2-10,18-19,21H,11-13H2,1H3,(H,25,28)/t18-,19+,21+,23-/m1/s1. The van der Waals surface area contributed by atoms with Crippen LogP contribution in [0.5, 0.6) is 5.75 Å². The molecule has 0 aliphatic carbocycles. The van der Waals surface area contributed by atoms with E-state index < -0.39 is 38.6 Å². The average molecular weight is 564 g/mol. The predicted octanol–water partition coefficient (Wildman–Crippen LogP) is 2.64. The van der Waals surface area contributed by atoms with Crippen molar-refractivity contribution in [3.8, 4) is 5.75 Å². The molecule has 2 amide bonds. The van der Waals surface area contributed by atoms with E-state index in [1.807, 2.05) is 6.07 Å². The number of nitro benzene ring substituents is 1. The Kier molecular flexibility index (Phi) is 7.31. The summed E-state index contributed by atoms with van der Waals surface area (Å²) >= 11 is 5.02. The van der Waals surface area contributed by atoms with Crippen molar-refractivity contribution >= 4 is 51.2 Å². The number of para-hydroxylation sites is 1. The summed E-state index contributed by atoms with van der Waals surface area (Å²) < 4.78 is 10.2. The molecule has 184 valence electrons. The zero-order chi connectivity index (χ0) is 25.2. The third kappa shape index (κ3) is 5.43. The van der Waals surface area contributed by atoms with Crippen molar-refractivity contribution in [3.63, 3.8) is 0 Å². The van der Waals surface area contributed by atoms with Crippen molar-refractivity contribution in [1.82, 2.24) is 10.2 Å². The van der Waals surface area contributed by atoms with Crippen LogP contribution in [-0.4, -0.2) is 61.7 Å². The van der Waals surface area contributed by atoms with E-state index in [9.17, 15) is 24.5 Å². The van der Waals surface area contributed by atoms with E-state index in [1.54, 1.807) is 31.2 Å². The molecule has 0 radical (unpaired) electrons. The van der Waals surface area contributed by atoms with Crippen molar-refractivity contribution in [3.05, 3.63) is 70.3 Å². The average Bonchev–Trinajstić information content (AvgIpc) is 2.85. The maximum Gasteiger partial charge on any atom is 0.330 e. The highest BCUT2D eigenvalue weighted by atomic mass is 79.9. The number of hydrogen-bond donors (Lipinski definition) is 1. The summed E-state index contributed by atoms with van der Waals surface area (Å²) in [6, 6.07) is 12.9. The monoisotopic (exact) mass is 563 g/mol. The molecule has 0 aromatic heterocycles. The minimum atomic E-state index is -0.895. The lowest BCUT2D eigenvalue weighted by Gasteiger charge is -2.56. The molecule has 12 heteroatoms. The lowest BCUT2D eigenvalue weighted by Crippen LogP contribution is -2.78. The number of carbonyl (C=O) groups is 3. The van der Waals surface area contributed by atoms with Crippen LogP contribution in [0.25, 0.3) is 0 Å². The van der Waals surface area contributed by atoms with Crippen LogP contribution in [0, 0.1) is 10.1 Å². The Morgan fingerprint density at radius 1 is 1.23 bits per heavy atom. The maximum absolute atomic E-state index is 13.0. The summed E-state index contributed by atoms with van der Waals surface area (Å²) in [7, 11) is 0. The lowest BCUT2D eigenvalue weighted by atomic mass is 9.94. The number of carbonyl (C=O) groups excluding carboxylic acids is 3. The van der Waals surface area contributed by atoms with Crippen LogP contribution in [-0.2, 0) is 25.7 Å². The fourth-order valence-electron chi connectivity index (χ4n) is 3.87. The van der Waals surface area contributed by atoms with Gasteiger partial charge in [0.2, 0.25) is 5.91 Å². The smallest absolute Gasteiger partial charge is 0.330 e. The molecule has 2 aromatic rings. The second kappa shape index (κ2) is 10.2. The Labute approximate surface area is 213 Å². The summed E-state index contributed by atoms with van der Waals surface area (Å²) in [5, 5.41) is 13.1. The lowest BCUT2D eigenvalue weighted by molar-refractivity contribution is -0.384. The van der Waals surface area contributed by atoms with Gasteiger partial charge in [-0.25, -0.2) is 4.79 Å². The molecule has 0 unspecified atom stereocenters. The first kappa shape index (κ1) is 25.0. The minimum Gasteiger partial charge on any atom is -0.484 e. The quantitative estimate of drug-likeness (QED) is 0.171. The molecular weight excluding hydrogens is 542 g/mol. The first-order valence-corrected chi connectivity index (χ1v) is 12.5. The van der Waals surface area contributed by atoms with E-state index in [0.717, 1.165) is 0 Å². The number of β-lactam (4-membered cyclic amide) rings is 1. The first-order valence-electron chi connectivity index (χ1n) is 10.7. The van der Waals surface area contributed by atoms with Gasteiger partial charge in [0.1, 0.15) is 29.8 Å². The largest absolute Gasteiger partial charge is 0.484 e. The number of nitrogens with one attached hydrogen (secondary N) is 1. The van der Waals surface area contributed by atoms with Gasteiger partial charge in [-0.15, -0.1) is 11.8 Å². The number of amides is 2. The first-order chi connectivity index (χ1) is 16.7. The van der Waals surface area contributed by atoms with Gasteiger partial charge in [0, 0.05) is 17.9 Å². The van der Waals surface area contributed by atoms with Gasteiger partial charge in [0.15, 0.2) is 6.61 Å². The van der Waals surface area contributed by atoms with Gasteiger partial charge < -0.3 is 19.7 Å². The van der Waals surface area contributed by atoms with Crippen LogP contribution in [0.1, 0.15) is 12.5 Å². The zero-order valence-corrected chi connectivity index (χ0v) is 21.0. The number of esters is 1. The van der Waals surface area contributed by atoms with Crippen LogP contribution in [0.2, 0.25) is 0 Å². The highest BCUT2D eigenvalue weighted by Crippen LogP contribution is 2.46. The van der Waals surface area contributed by atoms with Crippen molar-refractivity contribution < 1.29 is 28.8 Å². The topological polar surface area (TPSA) is 128 Å². The minimum absolute atomic E-state index is 0.0614. The third-order valence-corrected chi connectivity index (χ3v) is 8.34. The molecule has 0 saturated carbocycles. The summed E-state index contributed by atoms with van der Waals surface area (Å²) in [6.07, 6.45) is 0. The molecule has 2 aliphatic heterocycles. The number of fused-ring (bicyclic) bond motifs is 1. The number of hydrogen-bond acceptors (Lipinski definition) is 8. The van der Waals surface area contributed by atoms with E-state index >= 15 is 0 Å². The molecule has 0 bridgehead atoms. The molecule has 35 heavy (non-hydrogen) atoms. The Morgan fingerprint density at radius 2 is 1.91 bits per heavy atom. The summed E-state index contributed by atoms with van der Waals surface area (Å²) in [5.41, 5.74) is 0.522. The summed E-state index contributed by atoms with van der Waals surface area (Å²) in [6.45, 7) is 1.48. The fourth-order valence-corrected chi connectivity index (χ4v) is 6.10. The number of nitro groups is 1. The number of alkyl halides is 1. The second-order valence-electron chi connectivity index (χ2n) is 8.31. The molecular formula is C23H22BrN3O7S. The molecule has 2 fully saturated rings. The molecule has 2 aromatic carbocycles. The van der Waals surface area contributed by atoms with Crippen LogP contribution in [0.3, 0.4) is 0 Å². The van der Waals surface area contributed by atoms with E-state index in [4.69, 9.17) is 9.47 Å². The van der Waals surface area contributed by atoms with Gasteiger partial charge in [-0.2, -0.15) is 0 Å². The van der Waals surface area contributed by atoms with E-state index in [2.05, 4.69) is 21.2 Å². The Morgan fingerprint density at radius 3 is 2.57 bits per heavy atom. The molecule has 2 saturated heterocycles. The molecule has 2 aliphatic rings. The molecule has 1 N–H and O–H groups in total. The number of non-ortho nitro benzene ring substituents is 1. The van der Waals surface area contributed by atoms with Crippen LogP contribution in [0.15, 0.2) is 54.6 Å². The van der Waals surface area contributed by atoms with Crippen molar-refractivity contribution in [2.24, 2.45) is 0 Å². The number of ether oxygens (including phenoxy) is 2. The van der Waals surface area contributed by atoms with Gasteiger partial charge in [-0.1, -0.05) is 34.1 Å². The molecule has 0 spiro atoms. The van der Waals surface area contributed by atoms with E-state index in [-0.39, 0.29) is 24.8 Å². The number of halogens is 1. The Balaban J connectivity index is 1.36. The van der Waals surface area contributed by atoms with Crippen LogP contribution >= 0.6 is 27.7 Å². The number of rotatable bonds is 8. The molecule has 4 atom stereocenters. The highest BCUT2D eigenvalue weighted by molar-refractivity contribution is 9.10. The van der Waals surface area contributed by atoms with Crippen LogP contribution < -0.4 is 10.1 Å². The number of thioether (sulfide) groups is 1. The Hall–Kier alpha value is -3.12. The number of benzene rings is 2. The SMILES string of the molecule is C[C@@]1(Br)CS[C@H]2[C@H](NC(=O)COc3ccccc3)C(=O)N2[C@H]1C(=O)OCc1ccc([N+](=O)[O-])cc1. The van der Waals surface area contributed by atoms with Gasteiger partial charge in [-0.3, -0.25) is 19.7 Å². The normalized spacial score (nSPS) is 25.1. The molecule has 2 heterocycles. The van der Waals surface area contributed by atoms with Gasteiger partial charge in [-0.05, 0) is 36.8 Å². The fraction of sp³-hybridized carbons (Fsp3) is 0.348. The van der Waals surface area contributed by atoms with E-state index in [1.165, 1.54) is 40.9 Å². The predicted molar refractivity (Wildman–Crippen MR) is 131 cm³/mol. The highest BCUT2D eigenvalue weighted by Gasteiger charge is 2.61. The molecule has 10 nitrogen and oxygen atoms in total. The number of nitrogens with zero attached hydrogens (tertiary/aromatic N) is 2. The zero-order valence-electron chi connectivity index (χ0n) is 18.6. The Bertz CT molecular complexity index is 1130. The summed E-state index contributed by atoms with van der Waals surface area (Å²) in [5.74, 6) is -0.359. The van der Waals surface area contributed by atoms with E-state index in [0.29, 0.717) is 17.1 Å². The van der Waals surface area contributed by atoms with Crippen molar-refractivity contribution in [2.75, 3.05) is 12.4 Å². The van der Waals surface area contributed by atoms with Gasteiger partial charge in [0.05, 0.1) is 9.25 Å². The molecule has 4 rings (SSSR count). The second-order valence-corrected chi connectivity index (χ2v) is 11.2. The van der Waals surface area contributed by atoms with Gasteiger partial charge >= 0.3 is 5.97 Å². The summed E-state index contributed by atoms with van der Waals surface area (Å²) in [4.78, 5) is 50.0. The van der Waals surface area contributed by atoms with Gasteiger partial charge in [0.25, 0.3) is 11.6 Å². The van der Waals surface area contributed by atoms with Crippen molar-refractivity contribution in [1.29, 1.82) is 0 Å². The maximum atomic E-state index is 13.0. The van der Waals surface area contributed by atoms with Crippen LogP contribution in [0.4, 0.5) is 5.69 Å². The van der Waals surface area contributed by atoms with Crippen molar-refractivity contribution in [2.45, 2.75) is 35.3 Å².